The molecule has 2 aromatic heterocycles. The Morgan fingerprint density at radius 1 is 1.27 bits per heavy atom. The summed E-state index contributed by atoms with van der Waals surface area (Å²) in [7, 11) is 2.55. The molecule has 0 saturated carbocycles. The molecule has 3 aromatic rings. The summed E-state index contributed by atoms with van der Waals surface area (Å²) in [4.78, 5) is 26.6. The van der Waals surface area contributed by atoms with Crippen LogP contribution in [0, 0.1) is 0 Å². The van der Waals surface area contributed by atoms with Crippen molar-refractivity contribution in [2.75, 3.05) is 20.2 Å². The van der Waals surface area contributed by atoms with E-state index in [-0.39, 0.29) is 24.8 Å². The van der Waals surface area contributed by atoms with Gasteiger partial charge in [0.25, 0.3) is 5.91 Å². The van der Waals surface area contributed by atoms with Crippen LogP contribution in [0.3, 0.4) is 0 Å². The molecule has 0 spiro atoms. The van der Waals surface area contributed by atoms with Crippen LogP contribution in [0.15, 0.2) is 33.5 Å². The first-order valence-corrected chi connectivity index (χ1v) is 9.29. The first-order chi connectivity index (χ1) is 14.2. The molecule has 30 heavy (non-hydrogen) atoms. The fourth-order valence-corrected chi connectivity index (χ4v) is 3.71. The molecule has 0 bridgehead atoms. The zero-order valence-corrected chi connectivity index (χ0v) is 16.3. The number of ether oxygens (including phenoxy) is 1. The summed E-state index contributed by atoms with van der Waals surface area (Å²) >= 11 is 0. The number of hydrogen-bond donors (Lipinski definition) is 0. The van der Waals surface area contributed by atoms with Crippen molar-refractivity contribution in [2.45, 2.75) is 25.1 Å². The Labute approximate surface area is 168 Å². The monoisotopic (exact) mass is 424 g/mol. The molecule has 1 aromatic carbocycles. The zero-order chi connectivity index (χ0) is 21.6. The van der Waals surface area contributed by atoms with E-state index in [2.05, 4.69) is 5.10 Å². The molecule has 0 N–H and O–H groups in total. The van der Waals surface area contributed by atoms with Crippen molar-refractivity contribution in [3.05, 3.63) is 46.3 Å². The number of amides is 1. The van der Waals surface area contributed by atoms with E-state index in [0.717, 1.165) is 17.1 Å². The fraction of sp³-hybridized carbons (Fsp3) is 0.421. The molecule has 1 aliphatic rings. The predicted octanol–water partition coefficient (Wildman–Crippen LogP) is 2.83. The van der Waals surface area contributed by atoms with Gasteiger partial charge in [0.1, 0.15) is 0 Å². The number of halogens is 3. The van der Waals surface area contributed by atoms with Gasteiger partial charge in [0.2, 0.25) is 5.82 Å². The Bertz CT molecular complexity index is 1150. The minimum atomic E-state index is -4.71. The minimum absolute atomic E-state index is 0.155. The number of carbonyl (C=O) groups is 1. The van der Waals surface area contributed by atoms with Crippen LogP contribution in [0.1, 0.15) is 35.3 Å². The van der Waals surface area contributed by atoms with Crippen molar-refractivity contribution in [3.63, 3.8) is 0 Å². The van der Waals surface area contributed by atoms with Crippen molar-refractivity contribution >= 4 is 16.9 Å². The molecule has 1 aliphatic heterocycles. The molecular formula is C19H19F3N4O4. The van der Waals surface area contributed by atoms with Crippen molar-refractivity contribution < 1.29 is 27.1 Å². The van der Waals surface area contributed by atoms with Gasteiger partial charge in [-0.2, -0.15) is 13.2 Å². The molecular weight excluding hydrogens is 405 g/mol. The molecule has 3 heterocycles. The topological polar surface area (TPSA) is 82.5 Å². The average molecular weight is 424 g/mol. The van der Waals surface area contributed by atoms with E-state index in [9.17, 15) is 22.8 Å². The highest BCUT2D eigenvalue weighted by molar-refractivity contribution is 5.97. The first-order valence-electron chi connectivity index (χ1n) is 9.29. The zero-order valence-electron chi connectivity index (χ0n) is 16.3. The third kappa shape index (κ3) is 3.33. The van der Waals surface area contributed by atoms with Crippen LogP contribution in [0.5, 0.6) is 5.75 Å². The first kappa shape index (κ1) is 20.0. The number of aromatic nitrogens is 3. The van der Waals surface area contributed by atoms with Gasteiger partial charge in [-0.3, -0.25) is 9.36 Å². The summed E-state index contributed by atoms with van der Waals surface area (Å²) < 4.78 is 51.3. The molecule has 1 saturated heterocycles. The second-order valence-electron chi connectivity index (χ2n) is 7.12. The van der Waals surface area contributed by atoms with Crippen LogP contribution >= 0.6 is 0 Å². The SMILES string of the molecule is COc1cccc2cc(C(=O)N3CCC(n4nc(C(F)(F)F)n(C)c4=O)CC3)oc12. The quantitative estimate of drug-likeness (QED) is 0.646. The van der Waals surface area contributed by atoms with E-state index in [1.54, 1.807) is 29.2 Å². The highest BCUT2D eigenvalue weighted by Gasteiger charge is 2.39. The number of methoxy groups -OCH3 is 1. The van der Waals surface area contributed by atoms with Crippen molar-refractivity contribution in [3.8, 4) is 5.75 Å². The van der Waals surface area contributed by atoms with E-state index in [1.165, 1.54) is 7.11 Å². The van der Waals surface area contributed by atoms with E-state index < -0.39 is 23.7 Å². The van der Waals surface area contributed by atoms with Gasteiger partial charge in [-0.1, -0.05) is 12.1 Å². The number of piperidine rings is 1. The summed E-state index contributed by atoms with van der Waals surface area (Å²) in [5.41, 5.74) is -0.352. The standard InChI is InChI=1S/C19H19F3N4O4/c1-24-17(19(20,21)22)23-26(18(24)28)12-6-8-25(9-7-12)16(27)14-10-11-4-3-5-13(29-2)15(11)30-14/h3-5,10,12H,6-9H2,1-2H3. The Balaban J connectivity index is 1.50. The number of nitrogens with zero attached hydrogens (tertiary/aromatic N) is 4. The number of likely N-dealkylation sites (tertiary alicyclic amines) is 1. The number of carbonyl (C=O) groups excluding carboxylic acids is 1. The lowest BCUT2D eigenvalue weighted by atomic mass is 10.1. The summed E-state index contributed by atoms with van der Waals surface area (Å²) in [5.74, 6) is -0.888. The number of benzene rings is 1. The normalized spacial score (nSPS) is 15.7. The minimum Gasteiger partial charge on any atom is -0.493 e. The smallest absolute Gasteiger partial charge is 0.451 e. The van der Waals surface area contributed by atoms with Crippen LogP contribution in [0.2, 0.25) is 0 Å². The third-order valence-corrected chi connectivity index (χ3v) is 5.29. The summed E-state index contributed by atoms with van der Waals surface area (Å²) in [5, 5.41) is 4.22. The van der Waals surface area contributed by atoms with Gasteiger partial charge in [-0.15, -0.1) is 5.10 Å². The van der Waals surface area contributed by atoms with E-state index in [1.807, 2.05) is 0 Å². The molecule has 0 aliphatic carbocycles. The maximum Gasteiger partial charge on any atom is 0.451 e. The molecule has 8 nitrogen and oxygen atoms in total. The van der Waals surface area contributed by atoms with Crippen LogP contribution in [-0.4, -0.2) is 45.4 Å². The van der Waals surface area contributed by atoms with Gasteiger partial charge in [0.05, 0.1) is 13.2 Å². The van der Waals surface area contributed by atoms with Crippen molar-refractivity contribution in [2.24, 2.45) is 7.05 Å². The third-order valence-electron chi connectivity index (χ3n) is 5.29. The summed E-state index contributed by atoms with van der Waals surface area (Å²) in [6.07, 6.45) is -4.09. The Morgan fingerprint density at radius 3 is 2.57 bits per heavy atom. The average Bonchev–Trinajstić information content (AvgIpc) is 3.29. The number of para-hydroxylation sites is 1. The highest BCUT2D eigenvalue weighted by Crippen LogP contribution is 2.31. The van der Waals surface area contributed by atoms with Gasteiger partial charge in [0, 0.05) is 25.5 Å². The van der Waals surface area contributed by atoms with E-state index >= 15 is 0 Å². The summed E-state index contributed by atoms with van der Waals surface area (Å²) in [6.45, 7) is 0.532. The Kier molecular flexibility index (Phi) is 4.83. The van der Waals surface area contributed by atoms with Gasteiger partial charge in [0.15, 0.2) is 17.1 Å². The van der Waals surface area contributed by atoms with Gasteiger partial charge >= 0.3 is 11.9 Å². The lowest BCUT2D eigenvalue weighted by Crippen LogP contribution is -2.41. The largest absolute Gasteiger partial charge is 0.493 e. The molecule has 0 unspecified atom stereocenters. The number of rotatable bonds is 3. The number of fused-ring (bicyclic) bond motifs is 1. The number of hydrogen-bond acceptors (Lipinski definition) is 5. The van der Waals surface area contributed by atoms with Gasteiger partial charge < -0.3 is 14.1 Å². The molecule has 1 amide bonds. The highest BCUT2D eigenvalue weighted by atomic mass is 19.4. The predicted molar refractivity (Wildman–Crippen MR) is 99.4 cm³/mol. The van der Waals surface area contributed by atoms with Crippen LogP contribution < -0.4 is 10.4 Å². The van der Waals surface area contributed by atoms with Gasteiger partial charge in [-0.25, -0.2) is 9.48 Å². The molecule has 11 heteroatoms. The second kappa shape index (κ2) is 7.22. The second-order valence-corrected chi connectivity index (χ2v) is 7.12. The molecule has 4 rings (SSSR count). The maximum absolute atomic E-state index is 13.0. The van der Waals surface area contributed by atoms with E-state index in [0.29, 0.717) is 28.7 Å². The Morgan fingerprint density at radius 2 is 1.97 bits per heavy atom. The van der Waals surface area contributed by atoms with Crippen LogP contribution in [0.4, 0.5) is 13.2 Å². The molecule has 0 radical (unpaired) electrons. The molecule has 0 atom stereocenters. The maximum atomic E-state index is 13.0. The Hall–Kier alpha value is -3.24. The summed E-state index contributed by atoms with van der Waals surface area (Å²) in [6, 6.07) is 6.43. The lowest BCUT2D eigenvalue weighted by Gasteiger charge is -2.31. The fourth-order valence-electron chi connectivity index (χ4n) is 3.71. The van der Waals surface area contributed by atoms with Crippen LogP contribution in [0.25, 0.3) is 11.0 Å². The van der Waals surface area contributed by atoms with Crippen LogP contribution in [-0.2, 0) is 13.2 Å². The lowest BCUT2D eigenvalue weighted by molar-refractivity contribution is -0.147. The molecule has 1 fully saturated rings. The molecule has 160 valence electrons. The van der Waals surface area contributed by atoms with E-state index in [4.69, 9.17) is 9.15 Å². The number of alkyl halides is 3. The number of furan rings is 1. The van der Waals surface area contributed by atoms with Gasteiger partial charge in [-0.05, 0) is 25.0 Å². The van der Waals surface area contributed by atoms with Crippen molar-refractivity contribution in [1.82, 2.24) is 19.2 Å². The van der Waals surface area contributed by atoms with Crippen molar-refractivity contribution in [1.29, 1.82) is 0 Å².